The Morgan fingerprint density at radius 1 is 1.22 bits per heavy atom. The van der Waals surface area contributed by atoms with E-state index < -0.39 is 18.0 Å². The molecule has 5 rings (SSSR count). The van der Waals surface area contributed by atoms with Crippen LogP contribution in [0.5, 0.6) is 5.75 Å². The molecule has 198 valence electrons. The number of carbonyl (C=O) groups is 1. The standard InChI is InChI=1S/C26H29F3N4O4/c27-17-10-16(11-20(12-17)37-25(28)29)22-2-1-8-32(22)19-5-9-33-23(13-19)21(14-30-33)24(35)31-18-3-6-26(36,15-34)7-4-18/h5,9-14,18,22,25,34,36H,1-4,6-8,15H2,(H,31,35)/t18?,22-,26?/m1/s1. The Bertz CT molecular complexity index is 1280. The van der Waals surface area contributed by atoms with Crippen LogP contribution in [-0.2, 0) is 0 Å². The SMILES string of the molecule is O=C(NC1CCC(O)(CO)CC1)c1cnn2ccc(N3CCC[C@@H]3c3cc(F)cc(OC(F)F)c3)cc12. The van der Waals surface area contributed by atoms with Crippen LogP contribution in [0.3, 0.4) is 0 Å². The van der Waals surface area contributed by atoms with Crippen molar-refractivity contribution in [2.45, 2.75) is 62.8 Å². The second kappa shape index (κ2) is 10.2. The summed E-state index contributed by atoms with van der Waals surface area (Å²) in [7, 11) is 0. The minimum absolute atomic E-state index is 0.113. The Kier molecular flexibility index (Phi) is 7.00. The predicted molar refractivity (Wildman–Crippen MR) is 129 cm³/mol. The summed E-state index contributed by atoms with van der Waals surface area (Å²) in [5, 5.41) is 26.9. The van der Waals surface area contributed by atoms with Crippen LogP contribution in [0.15, 0.2) is 42.7 Å². The molecule has 1 amide bonds. The van der Waals surface area contributed by atoms with Gasteiger partial charge in [-0.25, -0.2) is 8.91 Å². The van der Waals surface area contributed by atoms with Crippen LogP contribution < -0.4 is 15.0 Å². The number of nitrogens with one attached hydrogen (secondary N) is 1. The maximum Gasteiger partial charge on any atom is 0.387 e. The molecule has 2 aliphatic rings. The van der Waals surface area contributed by atoms with Crippen molar-refractivity contribution < 1.29 is 32.9 Å². The number of anilines is 1. The third-order valence-corrected chi connectivity index (χ3v) is 7.38. The Hall–Kier alpha value is -3.31. The predicted octanol–water partition coefficient (Wildman–Crippen LogP) is 3.81. The normalized spacial score (nSPS) is 24.1. The maximum absolute atomic E-state index is 14.2. The van der Waals surface area contributed by atoms with Crippen LogP contribution in [0.25, 0.3) is 5.52 Å². The number of amides is 1. The number of benzene rings is 1. The average Bonchev–Trinajstić information content (AvgIpc) is 3.52. The van der Waals surface area contributed by atoms with Gasteiger partial charge in [0.1, 0.15) is 11.6 Å². The highest BCUT2D eigenvalue weighted by atomic mass is 19.3. The van der Waals surface area contributed by atoms with E-state index in [1.807, 2.05) is 12.1 Å². The Balaban J connectivity index is 1.37. The van der Waals surface area contributed by atoms with Gasteiger partial charge in [-0.05, 0) is 68.4 Å². The molecule has 2 fully saturated rings. The number of fused-ring (bicyclic) bond motifs is 1. The number of aromatic nitrogens is 2. The molecule has 3 N–H and O–H groups in total. The largest absolute Gasteiger partial charge is 0.435 e. The van der Waals surface area contributed by atoms with Gasteiger partial charge in [-0.3, -0.25) is 4.79 Å². The molecule has 1 aromatic carbocycles. The van der Waals surface area contributed by atoms with Gasteiger partial charge in [-0.15, -0.1) is 0 Å². The first kappa shape index (κ1) is 25.3. The summed E-state index contributed by atoms with van der Waals surface area (Å²) in [5.41, 5.74) is 1.26. The van der Waals surface area contributed by atoms with E-state index in [1.165, 1.54) is 18.3 Å². The van der Waals surface area contributed by atoms with E-state index in [4.69, 9.17) is 0 Å². The molecule has 0 bridgehead atoms. The maximum atomic E-state index is 14.2. The van der Waals surface area contributed by atoms with Crippen molar-refractivity contribution in [2.24, 2.45) is 0 Å². The number of aliphatic hydroxyl groups is 2. The van der Waals surface area contributed by atoms with Gasteiger partial charge in [0, 0.05) is 30.5 Å². The highest BCUT2D eigenvalue weighted by Crippen LogP contribution is 2.38. The first-order valence-corrected chi connectivity index (χ1v) is 12.4. The number of halogens is 3. The van der Waals surface area contributed by atoms with E-state index in [0.29, 0.717) is 55.3 Å². The highest BCUT2D eigenvalue weighted by Gasteiger charge is 2.33. The number of hydrogen-bond acceptors (Lipinski definition) is 6. The zero-order valence-electron chi connectivity index (χ0n) is 20.1. The third-order valence-electron chi connectivity index (χ3n) is 7.38. The molecule has 2 aromatic heterocycles. The topological polar surface area (TPSA) is 99.3 Å². The molecule has 0 unspecified atom stereocenters. The van der Waals surface area contributed by atoms with Gasteiger partial charge in [0.05, 0.1) is 35.5 Å². The lowest BCUT2D eigenvalue weighted by Gasteiger charge is -2.34. The molecule has 1 saturated heterocycles. The number of rotatable bonds is 7. The minimum atomic E-state index is -3.04. The molecule has 37 heavy (non-hydrogen) atoms. The van der Waals surface area contributed by atoms with Gasteiger partial charge >= 0.3 is 6.61 Å². The lowest BCUT2D eigenvalue weighted by Crippen LogP contribution is -2.45. The Morgan fingerprint density at radius 2 is 2.00 bits per heavy atom. The van der Waals surface area contributed by atoms with Gasteiger partial charge in [-0.2, -0.15) is 13.9 Å². The number of alkyl halides is 2. The second-order valence-corrected chi connectivity index (χ2v) is 9.85. The summed E-state index contributed by atoms with van der Waals surface area (Å²) in [6.07, 6.45) is 6.73. The number of aliphatic hydroxyl groups excluding tert-OH is 1. The first-order chi connectivity index (χ1) is 17.7. The van der Waals surface area contributed by atoms with Gasteiger partial charge in [-0.1, -0.05) is 0 Å². The van der Waals surface area contributed by atoms with Gasteiger partial charge < -0.3 is 25.2 Å². The fourth-order valence-corrected chi connectivity index (χ4v) is 5.41. The van der Waals surface area contributed by atoms with E-state index in [2.05, 4.69) is 20.1 Å². The van der Waals surface area contributed by atoms with E-state index >= 15 is 0 Å². The van der Waals surface area contributed by atoms with Crippen molar-refractivity contribution in [2.75, 3.05) is 18.1 Å². The van der Waals surface area contributed by atoms with Gasteiger partial charge in [0.15, 0.2) is 0 Å². The smallest absolute Gasteiger partial charge is 0.387 e. The molecular weight excluding hydrogens is 489 g/mol. The van der Waals surface area contributed by atoms with E-state index in [0.717, 1.165) is 18.2 Å². The van der Waals surface area contributed by atoms with Crippen molar-refractivity contribution in [3.63, 3.8) is 0 Å². The number of hydrogen-bond donors (Lipinski definition) is 3. The Labute approximate surface area is 211 Å². The molecule has 11 heteroatoms. The van der Waals surface area contributed by atoms with Crippen molar-refractivity contribution >= 4 is 17.1 Å². The molecule has 1 saturated carbocycles. The fourth-order valence-electron chi connectivity index (χ4n) is 5.41. The summed E-state index contributed by atoms with van der Waals surface area (Å²) in [5.74, 6) is -1.14. The van der Waals surface area contributed by atoms with Gasteiger partial charge in [0.2, 0.25) is 0 Å². The lowest BCUT2D eigenvalue weighted by molar-refractivity contribution is -0.0500. The summed E-state index contributed by atoms with van der Waals surface area (Å²) in [6, 6.07) is 7.06. The fraction of sp³-hybridized carbons (Fsp3) is 0.462. The van der Waals surface area contributed by atoms with Crippen LogP contribution in [0, 0.1) is 5.82 Å². The van der Waals surface area contributed by atoms with Crippen LogP contribution >= 0.6 is 0 Å². The van der Waals surface area contributed by atoms with Crippen LogP contribution in [0.4, 0.5) is 18.9 Å². The molecule has 1 aliphatic heterocycles. The zero-order valence-corrected chi connectivity index (χ0v) is 20.1. The van der Waals surface area contributed by atoms with Gasteiger partial charge in [0.25, 0.3) is 5.91 Å². The molecule has 8 nitrogen and oxygen atoms in total. The number of pyridine rings is 1. The minimum Gasteiger partial charge on any atom is -0.435 e. The number of carbonyl (C=O) groups excluding carboxylic acids is 1. The average molecular weight is 519 g/mol. The van der Waals surface area contributed by atoms with Crippen LogP contribution in [0.2, 0.25) is 0 Å². The molecule has 3 aromatic rings. The quantitative estimate of drug-likeness (QED) is 0.440. The molecule has 1 atom stereocenters. The molecule has 1 aliphatic carbocycles. The first-order valence-electron chi connectivity index (χ1n) is 12.4. The van der Waals surface area contributed by atoms with E-state index in [-0.39, 0.29) is 30.3 Å². The van der Waals surface area contributed by atoms with Crippen molar-refractivity contribution in [3.8, 4) is 5.75 Å². The van der Waals surface area contributed by atoms with E-state index in [1.54, 1.807) is 10.7 Å². The summed E-state index contributed by atoms with van der Waals surface area (Å²) >= 11 is 0. The molecular formula is C26H29F3N4O4. The molecule has 0 radical (unpaired) electrons. The van der Waals surface area contributed by atoms with Crippen molar-refractivity contribution in [1.29, 1.82) is 0 Å². The molecule has 3 heterocycles. The highest BCUT2D eigenvalue weighted by molar-refractivity contribution is 6.01. The third kappa shape index (κ3) is 5.37. The summed E-state index contributed by atoms with van der Waals surface area (Å²) < 4.78 is 45.6. The van der Waals surface area contributed by atoms with Crippen LogP contribution in [-0.4, -0.2) is 57.1 Å². The van der Waals surface area contributed by atoms with Crippen LogP contribution in [0.1, 0.15) is 60.5 Å². The van der Waals surface area contributed by atoms with Crippen molar-refractivity contribution in [3.05, 3.63) is 59.7 Å². The zero-order chi connectivity index (χ0) is 26.2. The summed E-state index contributed by atoms with van der Waals surface area (Å²) in [4.78, 5) is 15.2. The van der Waals surface area contributed by atoms with Crippen molar-refractivity contribution in [1.82, 2.24) is 14.9 Å². The second-order valence-electron chi connectivity index (χ2n) is 9.85. The monoisotopic (exact) mass is 518 g/mol. The summed E-state index contributed by atoms with van der Waals surface area (Å²) in [6.45, 7) is -2.66. The Morgan fingerprint density at radius 3 is 2.73 bits per heavy atom. The lowest BCUT2D eigenvalue weighted by atomic mass is 9.83. The molecule has 0 spiro atoms. The van der Waals surface area contributed by atoms with E-state index in [9.17, 15) is 28.2 Å². The number of nitrogens with zero attached hydrogens (tertiary/aromatic N) is 3. The number of ether oxygens (including phenoxy) is 1.